The molecular formula is C26H17F5N8O3. The number of anilines is 2. The monoisotopic (exact) mass is 584 g/mol. The fraction of sp³-hybridized carbons (Fsp3) is 0.0769. The molecule has 5 aromatic rings. The van der Waals surface area contributed by atoms with Gasteiger partial charge in [-0.3, -0.25) is 19.6 Å². The average Bonchev–Trinajstić information content (AvgIpc) is 3.61. The van der Waals surface area contributed by atoms with Gasteiger partial charge in [-0.1, -0.05) is 17.2 Å². The van der Waals surface area contributed by atoms with E-state index in [2.05, 4.69) is 41.1 Å². The highest BCUT2D eigenvalue weighted by molar-refractivity contribution is 6.04. The third kappa shape index (κ3) is 6.72. The van der Waals surface area contributed by atoms with Crippen LogP contribution < -0.4 is 15.4 Å². The van der Waals surface area contributed by atoms with Gasteiger partial charge >= 0.3 is 6.36 Å². The highest BCUT2D eigenvalue weighted by Crippen LogP contribution is 2.26. The first-order valence-electron chi connectivity index (χ1n) is 11.9. The Hall–Kier alpha value is -5.67. The largest absolute Gasteiger partial charge is 0.573 e. The van der Waals surface area contributed by atoms with Crippen molar-refractivity contribution in [2.75, 3.05) is 10.6 Å². The van der Waals surface area contributed by atoms with E-state index in [0.717, 1.165) is 24.3 Å². The Labute approximate surface area is 232 Å². The number of hydrogen-bond acceptors (Lipinski definition) is 7. The quantitative estimate of drug-likeness (QED) is 0.223. The number of carbonyl (C=O) groups is 2. The van der Waals surface area contributed by atoms with Gasteiger partial charge in [-0.25, -0.2) is 8.78 Å². The van der Waals surface area contributed by atoms with Crippen molar-refractivity contribution in [3.8, 4) is 17.0 Å². The summed E-state index contributed by atoms with van der Waals surface area (Å²) in [5.74, 6) is -3.82. The van der Waals surface area contributed by atoms with Crippen molar-refractivity contribution in [1.82, 2.24) is 30.4 Å². The zero-order valence-corrected chi connectivity index (χ0v) is 21.0. The van der Waals surface area contributed by atoms with Crippen LogP contribution in [0.4, 0.5) is 33.6 Å². The molecule has 2 heterocycles. The van der Waals surface area contributed by atoms with Crippen LogP contribution in [0.2, 0.25) is 0 Å². The van der Waals surface area contributed by atoms with Gasteiger partial charge < -0.3 is 10.1 Å². The van der Waals surface area contributed by atoms with E-state index < -0.39 is 35.6 Å². The van der Waals surface area contributed by atoms with Gasteiger partial charge in [0.05, 0.1) is 12.2 Å². The van der Waals surface area contributed by atoms with Gasteiger partial charge in [0, 0.05) is 16.8 Å². The molecule has 3 N–H and O–H groups in total. The lowest BCUT2D eigenvalue weighted by molar-refractivity contribution is -0.274. The Bertz CT molecular complexity index is 1720. The lowest BCUT2D eigenvalue weighted by Crippen LogP contribution is -2.19. The number of amides is 2. The number of carbonyl (C=O) groups excluding carboxylic acids is 2. The molecule has 0 fully saturated rings. The van der Waals surface area contributed by atoms with Crippen LogP contribution in [0.15, 0.2) is 72.8 Å². The Kier molecular flexibility index (Phi) is 7.59. The van der Waals surface area contributed by atoms with Crippen LogP contribution in [0, 0.1) is 11.6 Å². The van der Waals surface area contributed by atoms with Crippen LogP contribution in [0.1, 0.15) is 26.4 Å². The number of aromatic nitrogens is 6. The molecule has 2 aromatic heterocycles. The van der Waals surface area contributed by atoms with Crippen LogP contribution >= 0.6 is 0 Å². The zero-order chi connectivity index (χ0) is 29.9. The van der Waals surface area contributed by atoms with Crippen molar-refractivity contribution in [1.29, 1.82) is 0 Å². The molecule has 11 nitrogen and oxygen atoms in total. The predicted octanol–water partition coefficient (Wildman–Crippen LogP) is 4.79. The van der Waals surface area contributed by atoms with E-state index in [1.165, 1.54) is 41.1 Å². The Morgan fingerprint density at radius 3 is 2.26 bits per heavy atom. The molecule has 5 rings (SSSR count). The molecule has 0 aliphatic carbocycles. The number of rotatable bonds is 8. The third-order valence-corrected chi connectivity index (χ3v) is 5.69. The number of nitrogens with one attached hydrogen (secondary N) is 3. The maximum absolute atomic E-state index is 13.9. The van der Waals surface area contributed by atoms with E-state index in [-0.39, 0.29) is 40.7 Å². The number of alkyl halides is 3. The van der Waals surface area contributed by atoms with Crippen molar-refractivity contribution >= 4 is 23.5 Å². The van der Waals surface area contributed by atoms with Gasteiger partial charge in [-0.15, -0.1) is 18.3 Å². The molecule has 0 aliphatic rings. The second-order valence-corrected chi connectivity index (χ2v) is 8.61. The number of benzene rings is 3. The smallest absolute Gasteiger partial charge is 0.406 e. The van der Waals surface area contributed by atoms with Gasteiger partial charge in [0.15, 0.2) is 11.6 Å². The molecular weight excluding hydrogens is 567 g/mol. The average molecular weight is 584 g/mol. The molecule has 3 aromatic carbocycles. The number of H-pyrrole nitrogens is 1. The standard InChI is InChI=1S/C26H17F5N8O3/c27-19-10-5-16(11-20(19)28)21-12-22(24(41)32-17-6-8-18(9-7-17)42-26(29,30)31)39(36-21)13-14-1-3-15(4-2-14)23(40)33-25-34-37-38-35-25/h1-12H,13H2,(H,32,41)(H2,33,34,35,37,38,40). The van der Waals surface area contributed by atoms with Gasteiger partial charge in [0.1, 0.15) is 11.4 Å². The Morgan fingerprint density at radius 2 is 1.62 bits per heavy atom. The summed E-state index contributed by atoms with van der Waals surface area (Å²) in [7, 11) is 0. The molecule has 0 spiro atoms. The Balaban J connectivity index is 1.39. The molecule has 0 unspecified atom stereocenters. The molecule has 0 radical (unpaired) electrons. The summed E-state index contributed by atoms with van der Waals surface area (Å²) in [6.45, 7) is 0.0253. The fourth-order valence-corrected chi connectivity index (χ4v) is 3.77. The summed E-state index contributed by atoms with van der Waals surface area (Å²) >= 11 is 0. The van der Waals surface area contributed by atoms with E-state index >= 15 is 0 Å². The maximum Gasteiger partial charge on any atom is 0.573 e. The van der Waals surface area contributed by atoms with E-state index in [0.29, 0.717) is 5.56 Å². The molecule has 2 amide bonds. The van der Waals surface area contributed by atoms with Crippen molar-refractivity contribution < 1.29 is 36.3 Å². The minimum atomic E-state index is -4.87. The van der Waals surface area contributed by atoms with E-state index in [4.69, 9.17) is 0 Å². The van der Waals surface area contributed by atoms with E-state index in [1.54, 1.807) is 12.1 Å². The summed E-state index contributed by atoms with van der Waals surface area (Å²) in [5.41, 5.74) is 1.42. The van der Waals surface area contributed by atoms with Crippen molar-refractivity contribution in [2.45, 2.75) is 12.9 Å². The first-order chi connectivity index (χ1) is 20.0. The van der Waals surface area contributed by atoms with Crippen LogP contribution in [-0.2, 0) is 6.54 Å². The summed E-state index contributed by atoms with van der Waals surface area (Å²) in [4.78, 5) is 25.6. The molecule has 0 saturated heterocycles. The van der Waals surface area contributed by atoms with Gasteiger partial charge in [0.25, 0.3) is 17.8 Å². The van der Waals surface area contributed by atoms with Crippen LogP contribution in [0.25, 0.3) is 11.3 Å². The first kappa shape index (κ1) is 27.9. The SMILES string of the molecule is O=C(Nc1nn[nH]n1)c1ccc(Cn2nc(-c3ccc(F)c(F)c3)cc2C(=O)Nc2ccc(OC(F)(F)F)cc2)cc1. The Morgan fingerprint density at radius 1 is 0.881 bits per heavy atom. The highest BCUT2D eigenvalue weighted by Gasteiger charge is 2.31. The molecule has 0 aliphatic heterocycles. The molecule has 214 valence electrons. The zero-order valence-electron chi connectivity index (χ0n) is 21.0. The minimum Gasteiger partial charge on any atom is -0.406 e. The van der Waals surface area contributed by atoms with Crippen molar-refractivity contribution in [3.63, 3.8) is 0 Å². The predicted molar refractivity (Wildman–Crippen MR) is 136 cm³/mol. The normalized spacial score (nSPS) is 11.3. The van der Waals surface area contributed by atoms with Crippen LogP contribution in [0.5, 0.6) is 5.75 Å². The number of tetrazole rings is 1. The summed E-state index contributed by atoms with van der Waals surface area (Å²) in [6.07, 6.45) is -4.87. The molecule has 0 bridgehead atoms. The highest BCUT2D eigenvalue weighted by atomic mass is 19.4. The van der Waals surface area contributed by atoms with Gasteiger partial charge in [-0.2, -0.15) is 10.3 Å². The van der Waals surface area contributed by atoms with Gasteiger partial charge in [0.2, 0.25) is 0 Å². The first-order valence-corrected chi connectivity index (χ1v) is 11.9. The van der Waals surface area contributed by atoms with Crippen LogP contribution in [0.3, 0.4) is 0 Å². The number of aromatic amines is 1. The molecule has 16 heteroatoms. The lowest BCUT2D eigenvalue weighted by atomic mass is 10.1. The third-order valence-electron chi connectivity index (χ3n) is 5.69. The summed E-state index contributed by atoms with van der Waals surface area (Å²) in [6, 6.07) is 15.3. The fourth-order valence-electron chi connectivity index (χ4n) is 3.77. The summed E-state index contributed by atoms with van der Waals surface area (Å²) in [5, 5.41) is 22.2. The second kappa shape index (κ2) is 11.4. The molecule has 0 atom stereocenters. The van der Waals surface area contributed by atoms with Crippen LogP contribution in [-0.4, -0.2) is 48.6 Å². The summed E-state index contributed by atoms with van der Waals surface area (Å²) < 4.78 is 69.9. The number of hydrogen-bond donors (Lipinski definition) is 3. The number of ether oxygens (including phenoxy) is 1. The molecule has 42 heavy (non-hydrogen) atoms. The topological polar surface area (TPSA) is 140 Å². The van der Waals surface area contributed by atoms with E-state index in [9.17, 15) is 31.5 Å². The van der Waals surface area contributed by atoms with E-state index in [1.807, 2.05) is 0 Å². The van der Waals surface area contributed by atoms with Crippen molar-refractivity contribution in [2.24, 2.45) is 0 Å². The maximum atomic E-state index is 13.9. The van der Waals surface area contributed by atoms with Crippen molar-refractivity contribution in [3.05, 3.63) is 101 Å². The minimum absolute atomic E-state index is 0.00396. The number of nitrogens with zero attached hydrogens (tertiary/aromatic N) is 5. The lowest BCUT2D eigenvalue weighted by Gasteiger charge is -2.11. The second-order valence-electron chi connectivity index (χ2n) is 8.61. The molecule has 0 saturated carbocycles. The van der Waals surface area contributed by atoms with Gasteiger partial charge in [-0.05, 0) is 71.4 Å². The number of halogens is 5.